The Kier molecular flexibility index (Phi) is 3.49. The van der Waals surface area contributed by atoms with Gasteiger partial charge in [0.2, 0.25) is 0 Å². The number of benzene rings is 2. The lowest BCUT2D eigenvalue weighted by Gasteiger charge is -2.21. The molecule has 1 aromatic heterocycles. The third kappa shape index (κ3) is 2.25. The molecule has 0 radical (unpaired) electrons. The van der Waals surface area contributed by atoms with Crippen LogP contribution in [0.4, 0.5) is 0 Å². The van der Waals surface area contributed by atoms with Crippen LogP contribution in [0.2, 0.25) is 0 Å². The number of rotatable bonds is 4. The summed E-state index contributed by atoms with van der Waals surface area (Å²) in [7, 11) is 2.17. The highest BCUT2D eigenvalue weighted by Gasteiger charge is 2.36. The van der Waals surface area contributed by atoms with Crippen LogP contribution in [-0.2, 0) is 25.5 Å². The molecule has 2 heteroatoms. The Morgan fingerprint density at radius 1 is 1.21 bits per heavy atom. The maximum absolute atomic E-state index is 6.02. The molecule has 0 saturated carbocycles. The molecule has 1 aliphatic carbocycles. The van der Waals surface area contributed by atoms with Gasteiger partial charge in [-0.1, -0.05) is 43.3 Å². The van der Waals surface area contributed by atoms with E-state index >= 15 is 0 Å². The van der Waals surface area contributed by atoms with Gasteiger partial charge in [-0.2, -0.15) is 0 Å². The molecule has 24 heavy (non-hydrogen) atoms. The Balaban J connectivity index is 1.70. The summed E-state index contributed by atoms with van der Waals surface area (Å²) in [6, 6.07) is 16.8. The Morgan fingerprint density at radius 2 is 2.00 bits per heavy atom. The average Bonchev–Trinajstić information content (AvgIpc) is 3.11. The first-order chi connectivity index (χ1) is 11.6. The van der Waals surface area contributed by atoms with E-state index < -0.39 is 0 Å². The molecule has 0 aliphatic heterocycles. The molecule has 1 atom stereocenters. The molecule has 0 fully saturated rings. The lowest BCUT2D eigenvalue weighted by Crippen LogP contribution is -2.18. The van der Waals surface area contributed by atoms with Gasteiger partial charge in [0.25, 0.3) is 0 Å². The van der Waals surface area contributed by atoms with Gasteiger partial charge < -0.3 is 9.30 Å². The molecule has 4 rings (SSSR count). The third-order valence-corrected chi connectivity index (χ3v) is 5.41. The van der Waals surface area contributed by atoms with Crippen molar-refractivity contribution in [3.05, 3.63) is 78.0 Å². The second-order valence-electron chi connectivity index (χ2n) is 6.96. The van der Waals surface area contributed by atoms with E-state index in [1.54, 1.807) is 0 Å². The molecule has 3 aromatic rings. The van der Waals surface area contributed by atoms with Gasteiger partial charge in [-0.05, 0) is 42.2 Å². The van der Waals surface area contributed by atoms with Gasteiger partial charge in [-0.15, -0.1) is 6.58 Å². The highest BCUT2D eigenvalue weighted by molar-refractivity contribution is 5.88. The summed E-state index contributed by atoms with van der Waals surface area (Å²) in [5.41, 5.74) is 5.41. The number of ether oxygens (including phenoxy) is 1. The van der Waals surface area contributed by atoms with Crippen LogP contribution >= 0.6 is 0 Å². The van der Waals surface area contributed by atoms with Crippen molar-refractivity contribution in [3.8, 4) is 5.75 Å². The maximum Gasteiger partial charge on any atom is 0.120 e. The van der Waals surface area contributed by atoms with Gasteiger partial charge in [-0.3, -0.25) is 0 Å². The molecule has 0 amide bonds. The Bertz CT molecular complexity index is 907. The first-order valence-corrected chi connectivity index (χ1v) is 8.54. The molecule has 1 aliphatic rings. The number of hydrogen-bond acceptors (Lipinski definition) is 1. The van der Waals surface area contributed by atoms with E-state index in [0.29, 0.717) is 6.61 Å². The second-order valence-corrected chi connectivity index (χ2v) is 6.96. The predicted octanol–water partition coefficient (Wildman–Crippen LogP) is 5.15. The number of hydrogen-bond donors (Lipinski definition) is 0. The normalized spacial score (nSPS) is 19.4. The fourth-order valence-electron chi connectivity index (χ4n) is 4.01. The minimum absolute atomic E-state index is 0.0775. The molecule has 1 heterocycles. The third-order valence-electron chi connectivity index (χ3n) is 5.41. The summed E-state index contributed by atoms with van der Waals surface area (Å²) in [5, 5.41) is 1.32. The summed E-state index contributed by atoms with van der Waals surface area (Å²) in [6.07, 6.45) is 4.35. The molecular formula is C22H23NO. The molecule has 0 N–H and O–H groups in total. The fraction of sp³-hybridized carbons (Fsp3) is 0.273. The molecular weight excluding hydrogens is 294 g/mol. The first-order valence-electron chi connectivity index (χ1n) is 8.54. The number of nitrogens with zero attached hydrogens (tertiary/aromatic N) is 1. The van der Waals surface area contributed by atoms with Crippen molar-refractivity contribution in [1.82, 2.24) is 4.57 Å². The predicted molar refractivity (Wildman–Crippen MR) is 99.6 cm³/mol. The van der Waals surface area contributed by atoms with Gasteiger partial charge in [-0.25, -0.2) is 0 Å². The van der Waals surface area contributed by atoms with Gasteiger partial charge in [0.15, 0.2) is 0 Å². The zero-order valence-corrected chi connectivity index (χ0v) is 14.4. The SMILES string of the molecule is C=CC1(C)CCc2c1n(C)c1ccc(OCc3ccccc3)cc21. The topological polar surface area (TPSA) is 14.2 Å². The van der Waals surface area contributed by atoms with Crippen LogP contribution in [-0.4, -0.2) is 4.57 Å². The highest BCUT2D eigenvalue weighted by Crippen LogP contribution is 2.44. The Morgan fingerprint density at radius 3 is 2.75 bits per heavy atom. The monoisotopic (exact) mass is 317 g/mol. The van der Waals surface area contributed by atoms with Crippen molar-refractivity contribution < 1.29 is 4.74 Å². The van der Waals surface area contributed by atoms with Gasteiger partial charge in [0.1, 0.15) is 12.4 Å². The van der Waals surface area contributed by atoms with Gasteiger partial charge in [0, 0.05) is 29.1 Å². The van der Waals surface area contributed by atoms with E-state index in [1.807, 2.05) is 18.2 Å². The molecule has 2 nitrogen and oxygen atoms in total. The smallest absolute Gasteiger partial charge is 0.120 e. The highest BCUT2D eigenvalue weighted by atomic mass is 16.5. The Hall–Kier alpha value is -2.48. The van der Waals surface area contributed by atoms with Crippen molar-refractivity contribution >= 4 is 10.9 Å². The van der Waals surface area contributed by atoms with E-state index in [2.05, 4.69) is 61.5 Å². The van der Waals surface area contributed by atoms with Crippen LogP contribution in [0, 0.1) is 0 Å². The second kappa shape index (κ2) is 5.55. The maximum atomic E-state index is 6.02. The van der Waals surface area contributed by atoms with Crippen molar-refractivity contribution in [1.29, 1.82) is 0 Å². The van der Waals surface area contributed by atoms with Crippen molar-refractivity contribution in [2.24, 2.45) is 7.05 Å². The zero-order chi connectivity index (χ0) is 16.7. The summed E-state index contributed by atoms with van der Waals surface area (Å²) in [4.78, 5) is 0. The largest absolute Gasteiger partial charge is 0.489 e. The zero-order valence-electron chi connectivity index (χ0n) is 14.4. The summed E-state index contributed by atoms with van der Waals surface area (Å²) in [5.74, 6) is 0.937. The molecule has 122 valence electrons. The summed E-state index contributed by atoms with van der Waals surface area (Å²) < 4.78 is 8.35. The minimum Gasteiger partial charge on any atom is -0.489 e. The van der Waals surface area contributed by atoms with Crippen molar-refractivity contribution in [2.45, 2.75) is 31.8 Å². The number of aryl methyl sites for hydroxylation is 2. The lowest BCUT2D eigenvalue weighted by molar-refractivity contribution is 0.306. The van der Waals surface area contributed by atoms with E-state index in [1.165, 1.54) is 27.7 Å². The van der Waals surface area contributed by atoms with E-state index in [9.17, 15) is 0 Å². The molecule has 0 bridgehead atoms. The summed E-state index contributed by atoms with van der Waals surface area (Å²) in [6.45, 7) is 6.96. The van der Waals surface area contributed by atoms with E-state index in [0.717, 1.165) is 18.6 Å². The quantitative estimate of drug-likeness (QED) is 0.607. The van der Waals surface area contributed by atoms with Gasteiger partial charge in [0.05, 0.1) is 0 Å². The number of aromatic nitrogens is 1. The van der Waals surface area contributed by atoms with Crippen LogP contribution in [0.15, 0.2) is 61.2 Å². The standard InChI is InChI=1S/C22H23NO/c1-4-22(2)13-12-18-19-14-17(10-11-20(19)23(3)21(18)22)24-15-16-8-6-5-7-9-16/h4-11,14H,1,12-13,15H2,2-3H3. The fourth-order valence-corrected chi connectivity index (χ4v) is 4.01. The van der Waals surface area contributed by atoms with Crippen molar-refractivity contribution in [2.75, 3.05) is 0 Å². The Labute approximate surface area is 143 Å². The van der Waals surface area contributed by atoms with E-state index in [4.69, 9.17) is 4.74 Å². The van der Waals surface area contributed by atoms with Crippen LogP contribution in [0.25, 0.3) is 10.9 Å². The number of allylic oxidation sites excluding steroid dienone is 1. The molecule has 1 unspecified atom stereocenters. The molecule has 0 saturated heterocycles. The minimum atomic E-state index is 0.0775. The summed E-state index contributed by atoms with van der Waals surface area (Å²) >= 11 is 0. The molecule has 2 aromatic carbocycles. The average molecular weight is 317 g/mol. The van der Waals surface area contributed by atoms with Crippen LogP contribution in [0.3, 0.4) is 0 Å². The van der Waals surface area contributed by atoms with Crippen LogP contribution < -0.4 is 4.74 Å². The first kappa shape index (κ1) is 15.1. The van der Waals surface area contributed by atoms with Crippen LogP contribution in [0.1, 0.15) is 30.2 Å². The van der Waals surface area contributed by atoms with Crippen LogP contribution in [0.5, 0.6) is 5.75 Å². The number of fused-ring (bicyclic) bond motifs is 3. The van der Waals surface area contributed by atoms with Gasteiger partial charge >= 0.3 is 0 Å². The lowest BCUT2D eigenvalue weighted by atomic mass is 9.88. The van der Waals surface area contributed by atoms with Crippen molar-refractivity contribution in [3.63, 3.8) is 0 Å². The molecule has 0 spiro atoms. The van der Waals surface area contributed by atoms with E-state index in [-0.39, 0.29) is 5.41 Å².